The van der Waals surface area contributed by atoms with Crippen LogP contribution in [0, 0.1) is 11.8 Å². The van der Waals surface area contributed by atoms with Gasteiger partial charge in [0.05, 0.1) is 6.61 Å². The summed E-state index contributed by atoms with van der Waals surface area (Å²) >= 11 is 0. The van der Waals surface area contributed by atoms with Crippen molar-refractivity contribution >= 4 is 17.8 Å². The first-order valence-electron chi connectivity index (χ1n) is 11.1. The lowest BCUT2D eigenvalue weighted by Crippen LogP contribution is -2.51. The number of amides is 2. The number of ether oxygens (including phenoxy) is 1. The summed E-state index contributed by atoms with van der Waals surface area (Å²) in [5.74, 6) is 1.56. The monoisotopic (exact) mass is 409 g/mol. The number of nitrogens with zero attached hydrogens (tertiary/aromatic N) is 3. The van der Waals surface area contributed by atoms with Crippen LogP contribution in [0.3, 0.4) is 0 Å². The number of rotatable bonds is 8. The Morgan fingerprint density at radius 3 is 2.41 bits per heavy atom. The Balaban J connectivity index is 1.88. The van der Waals surface area contributed by atoms with Crippen molar-refractivity contribution < 1.29 is 14.3 Å². The van der Waals surface area contributed by atoms with Gasteiger partial charge in [0, 0.05) is 58.2 Å². The van der Waals surface area contributed by atoms with Gasteiger partial charge >= 0.3 is 0 Å². The molecule has 1 unspecified atom stereocenters. The summed E-state index contributed by atoms with van der Waals surface area (Å²) in [5.41, 5.74) is 0. The summed E-state index contributed by atoms with van der Waals surface area (Å²) in [5, 5.41) is 6.86. The highest BCUT2D eigenvalue weighted by atomic mass is 16.5. The maximum Gasteiger partial charge on any atom is 0.243 e. The van der Waals surface area contributed by atoms with Crippen molar-refractivity contribution in [3.05, 3.63) is 0 Å². The number of piperidine rings is 1. The first-order valence-corrected chi connectivity index (χ1v) is 11.1. The van der Waals surface area contributed by atoms with Crippen LogP contribution in [0.25, 0.3) is 0 Å². The number of hydrogen-bond donors (Lipinski definition) is 2. The second-order valence-corrected chi connectivity index (χ2v) is 8.32. The second-order valence-electron chi connectivity index (χ2n) is 8.32. The van der Waals surface area contributed by atoms with Crippen molar-refractivity contribution in [2.24, 2.45) is 16.8 Å². The van der Waals surface area contributed by atoms with Crippen molar-refractivity contribution in [1.82, 2.24) is 20.4 Å². The van der Waals surface area contributed by atoms with Crippen LogP contribution in [0.4, 0.5) is 0 Å². The molecule has 0 aromatic rings. The molecule has 0 bridgehead atoms. The molecule has 29 heavy (non-hydrogen) atoms. The van der Waals surface area contributed by atoms with E-state index in [0.29, 0.717) is 17.8 Å². The van der Waals surface area contributed by atoms with E-state index in [1.54, 1.807) is 19.0 Å². The van der Waals surface area contributed by atoms with Gasteiger partial charge in [0.15, 0.2) is 5.96 Å². The molecule has 0 aliphatic carbocycles. The van der Waals surface area contributed by atoms with E-state index >= 15 is 0 Å². The van der Waals surface area contributed by atoms with E-state index in [4.69, 9.17) is 4.74 Å². The minimum absolute atomic E-state index is 0.0270. The first kappa shape index (κ1) is 23.4. The van der Waals surface area contributed by atoms with E-state index in [2.05, 4.69) is 29.5 Å². The molecule has 2 rings (SSSR count). The van der Waals surface area contributed by atoms with E-state index < -0.39 is 0 Å². The van der Waals surface area contributed by atoms with Gasteiger partial charge in [0.25, 0.3) is 0 Å². The van der Waals surface area contributed by atoms with Gasteiger partial charge in [-0.2, -0.15) is 0 Å². The Hall–Kier alpha value is -1.83. The van der Waals surface area contributed by atoms with Gasteiger partial charge in [-0.15, -0.1) is 0 Å². The molecule has 2 fully saturated rings. The molecule has 0 radical (unpaired) electrons. The summed E-state index contributed by atoms with van der Waals surface area (Å²) < 4.78 is 5.44. The molecule has 0 spiro atoms. The van der Waals surface area contributed by atoms with Gasteiger partial charge in [-0.05, 0) is 32.1 Å². The Morgan fingerprint density at radius 1 is 1.17 bits per heavy atom. The molecule has 0 aromatic heterocycles. The van der Waals surface area contributed by atoms with E-state index in [1.807, 2.05) is 4.90 Å². The van der Waals surface area contributed by atoms with Crippen LogP contribution in [0.1, 0.15) is 46.0 Å². The smallest absolute Gasteiger partial charge is 0.243 e. The molecule has 8 nitrogen and oxygen atoms in total. The summed E-state index contributed by atoms with van der Waals surface area (Å²) in [6.07, 6.45) is 4.63. The standard InChI is InChI=1S/C21H39N5O3/c1-5-17(6-2)20(28)26-10-7-18(8-11-26)24-21(23-14-19(27)25(3)4)22-13-16-9-12-29-15-16/h16-18H,5-15H2,1-4H3,(H2,22,23,24). The van der Waals surface area contributed by atoms with Crippen molar-refractivity contribution in [3.63, 3.8) is 0 Å². The fraction of sp³-hybridized carbons (Fsp3) is 0.857. The molecule has 8 heteroatoms. The third-order valence-electron chi connectivity index (χ3n) is 5.94. The van der Waals surface area contributed by atoms with Gasteiger partial charge in [-0.3, -0.25) is 9.59 Å². The van der Waals surface area contributed by atoms with Crippen LogP contribution in [0.15, 0.2) is 4.99 Å². The zero-order valence-corrected chi connectivity index (χ0v) is 18.6. The number of likely N-dealkylation sites (N-methyl/N-ethyl adjacent to an activating group) is 1. The van der Waals surface area contributed by atoms with Crippen LogP contribution in [0.2, 0.25) is 0 Å². The van der Waals surface area contributed by atoms with Crippen LogP contribution in [-0.2, 0) is 14.3 Å². The van der Waals surface area contributed by atoms with Gasteiger partial charge in [0.1, 0.15) is 6.54 Å². The zero-order valence-electron chi connectivity index (χ0n) is 18.6. The number of hydrogen-bond acceptors (Lipinski definition) is 4. The van der Waals surface area contributed by atoms with E-state index in [0.717, 1.165) is 65.0 Å². The second kappa shape index (κ2) is 12.0. The Labute approximate surface area is 175 Å². The predicted molar refractivity (Wildman–Crippen MR) is 115 cm³/mol. The molecule has 2 amide bonds. The molecule has 2 aliphatic heterocycles. The fourth-order valence-corrected chi connectivity index (χ4v) is 3.76. The number of carbonyl (C=O) groups excluding carboxylic acids is 2. The highest BCUT2D eigenvalue weighted by Gasteiger charge is 2.27. The van der Waals surface area contributed by atoms with Crippen LogP contribution in [-0.4, -0.2) is 87.1 Å². The summed E-state index contributed by atoms with van der Waals surface area (Å²) in [4.78, 5) is 32.6. The van der Waals surface area contributed by atoms with Crippen LogP contribution < -0.4 is 10.6 Å². The van der Waals surface area contributed by atoms with Crippen LogP contribution >= 0.6 is 0 Å². The quantitative estimate of drug-likeness (QED) is 0.463. The SMILES string of the molecule is CCC(CC)C(=O)N1CCC(NC(=NCC(=O)N(C)C)NCC2CCOC2)CC1. The normalized spacial score (nSPS) is 20.8. The van der Waals surface area contributed by atoms with Gasteiger partial charge in [-0.1, -0.05) is 13.8 Å². The van der Waals surface area contributed by atoms with E-state index in [-0.39, 0.29) is 24.4 Å². The largest absolute Gasteiger partial charge is 0.381 e. The lowest BCUT2D eigenvalue weighted by molar-refractivity contribution is -0.136. The van der Waals surface area contributed by atoms with E-state index in [9.17, 15) is 9.59 Å². The van der Waals surface area contributed by atoms with Gasteiger partial charge < -0.3 is 25.2 Å². The van der Waals surface area contributed by atoms with Crippen molar-refractivity contribution in [2.45, 2.75) is 52.0 Å². The third-order valence-corrected chi connectivity index (χ3v) is 5.94. The van der Waals surface area contributed by atoms with Crippen molar-refractivity contribution in [1.29, 1.82) is 0 Å². The minimum Gasteiger partial charge on any atom is -0.381 e. The molecule has 0 saturated carbocycles. The highest BCUT2D eigenvalue weighted by molar-refractivity contribution is 5.85. The summed E-state index contributed by atoms with van der Waals surface area (Å²) in [6.45, 7) is 8.20. The topological polar surface area (TPSA) is 86.3 Å². The molecule has 2 N–H and O–H groups in total. The molecule has 1 atom stereocenters. The van der Waals surface area contributed by atoms with Gasteiger partial charge in [-0.25, -0.2) is 4.99 Å². The lowest BCUT2D eigenvalue weighted by Gasteiger charge is -2.35. The Bertz CT molecular complexity index is 549. The molecular weight excluding hydrogens is 370 g/mol. The fourth-order valence-electron chi connectivity index (χ4n) is 3.76. The molecular formula is C21H39N5O3. The van der Waals surface area contributed by atoms with Crippen LogP contribution in [0.5, 0.6) is 0 Å². The predicted octanol–water partition coefficient (Wildman–Crippen LogP) is 1.07. The van der Waals surface area contributed by atoms with Gasteiger partial charge in [0.2, 0.25) is 11.8 Å². The average molecular weight is 410 g/mol. The molecule has 2 saturated heterocycles. The third kappa shape index (κ3) is 7.49. The maximum atomic E-state index is 12.6. The minimum atomic E-state index is -0.0270. The molecule has 2 aliphatic rings. The maximum absolute atomic E-state index is 12.6. The first-order chi connectivity index (χ1) is 13.9. The Morgan fingerprint density at radius 2 is 1.86 bits per heavy atom. The molecule has 0 aromatic carbocycles. The number of likely N-dealkylation sites (tertiary alicyclic amines) is 1. The summed E-state index contributed by atoms with van der Waals surface area (Å²) in [6, 6.07) is 0.251. The zero-order chi connectivity index (χ0) is 21.2. The number of guanidine groups is 1. The number of aliphatic imine (C=N–C) groups is 1. The number of carbonyl (C=O) groups is 2. The Kier molecular flexibility index (Phi) is 9.70. The highest BCUT2D eigenvalue weighted by Crippen LogP contribution is 2.17. The molecule has 166 valence electrons. The van der Waals surface area contributed by atoms with Crippen molar-refractivity contribution in [2.75, 3.05) is 53.5 Å². The average Bonchev–Trinajstić information content (AvgIpc) is 3.24. The lowest BCUT2D eigenvalue weighted by atomic mass is 9.98. The van der Waals surface area contributed by atoms with Crippen molar-refractivity contribution in [3.8, 4) is 0 Å². The molecule has 2 heterocycles. The summed E-state index contributed by atoms with van der Waals surface area (Å²) in [7, 11) is 3.47. The van der Waals surface area contributed by atoms with E-state index in [1.165, 1.54) is 0 Å². The number of nitrogens with one attached hydrogen (secondary N) is 2.